The molecule has 0 bridgehead atoms. The molecule has 1 saturated heterocycles. The standard InChI is InChI=1S/C23H25N5O4S/c1-31-18-12-17(13-19(14-18)32-2)25-23(30)28-10-8-15(9-11-28)21-26-27-22(33-21)20(29)24-16-6-4-3-5-7-16/h3-7,12-15H,8-11H2,1-2H3,(H,24,29)(H,25,30). The maximum atomic E-state index is 12.7. The monoisotopic (exact) mass is 467 g/mol. The molecule has 2 heterocycles. The number of benzene rings is 2. The molecule has 1 fully saturated rings. The summed E-state index contributed by atoms with van der Waals surface area (Å²) in [4.78, 5) is 26.9. The quantitative estimate of drug-likeness (QED) is 0.562. The van der Waals surface area contributed by atoms with Crippen LogP contribution in [0.5, 0.6) is 11.5 Å². The molecule has 1 aromatic heterocycles. The van der Waals surface area contributed by atoms with Crippen LogP contribution in [0.3, 0.4) is 0 Å². The zero-order valence-corrected chi connectivity index (χ0v) is 19.2. The van der Waals surface area contributed by atoms with E-state index >= 15 is 0 Å². The third-order valence-corrected chi connectivity index (χ3v) is 6.49. The summed E-state index contributed by atoms with van der Waals surface area (Å²) in [5, 5.41) is 15.2. The molecule has 4 rings (SSSR count). The zero-order chi connectivity index (χ0) is 23.2. The summed E-state index contributed by atoms with van der Waals surface area (Å²) in [7, 11) is 3.13. The van der Waals surface area contributed by atoms with Crippen LogP contribution in [0.15, 0.2) is 48.5 Å². The number of nitrogens with one attached hydrogen (secondary N) is 2. The van der Waals surface area contributed by atoms with Gasteiger partial charge in [0.2, 0.25) is 5.01 Å². The number of aromatic nitrogens is 2. The molecule has 0 spiro atoms. The number of urea groups is 1. The predicted molar refractivity (Wildman–Crippen MR) is 126 cm³/mol. The summed E-state index contributed by atoms with van der Waals surface area (Å²) in [5.74, 6) is 1.11. The Hall–Kier alpha value is -3.66. The van der Waals surface area contributed by atoms with E-state index in [0.29, 0.717) is 41.0 Å². The molecule has 0 saturated carbocycles. The van der Waals surface area contributed by atoms with Crippen molar-refractivity contribution in [3.63, 3.8) is 0 Å². The lowest BCUT2D eigenvalue weighted by Crippen LogP contribution is -2.40. The molecule has 3 amide bonds. The molecule has 10 heteroatoms. The number of rotatable bonds is 6. The van der Waals surface area contributed by atoms with E-state index in [1.165, 1.54) is 11.3 Å². The Balaban J connectivity index is 1.32. The lowest BCUT2D eigenvalue weighted by Gasteiger charge is -2.31. The van der Waals surface area contributed by atoms with Crippen LogP contribution in [0.1, 0.15) is 33.6 Å². The van der Waals surface area contributed by atoms with Gasteiger partial charge in [-0.3, -0.25) is 4.79 Å². The minimum absolute atomic E-state index is 0.168. The van der Waals surface area contributed by atoms with Crippen LogP contribution in [0.25, 0.3) is 0 Å². The second-order valence-corrected chi connectivity index (χ2v) is 8.57. The number of para-hydroxylation sites is 1. The fourth-order valence-electron chi connectivity index (χ4n) is 3.61. The number of methoxy groups -OCH3 is 2. The first kappa shape index (κ1) is 22.5. The SMILES string of the molecule is COc1cc(NC(=O)N2CCC(c3nnc(C(=O)Nc4ccccc4)s3)CC2)cc(OC)c1. The van der Waals surface area contributed by atoms with Crippen LogP contribution in [-0.2, 0) is 0 Å². The third-order valence-electron chi connectivity index (χ3n) is 5.40. The molecule has 33 heavy (non-hydrogen) atoms. The van der Waals surface area contributed by atoms with Gasteiger partial charge in [-0.2, -0.15) is 0 Å². The van der Waals surface area contributed by atoms with Gasteiger partial charge in [-0.15, -0.1) is 10.2 Å². The van der Waals surface area contributed by atoms with Crippen molar-refractivity contribution in [1.29, 1.82) is 0 Å². The summed E-state index contributed by atoms with van der Waals surface area (Å²) < 4.78 is 10.5. The molecule has 172 valence electrons. The van der Waals surface area contributed by atoms with E-state index in [-0.39, 0.29) is 17.9 Å². The van der Waals surface area contributed by atoms with E-state index in [1.54, 1.807) is 37.3 Å². The Morgan fingerprint density at radius 3 is 2.24 bits per heavy atom. The number of ether oxygens (including phenoxy) is 2. The highest BCUT2D eigenvalue weighted by molar-refractivity contribution is 7.13. The summed E-state index contributed by atoms with van der Waals surface area (Å²) in [6.45, 7) is 1.17. The minimum Gasteiger partial charge on any atom is -0.497 e. The number of amides is 3. The molecule has 0 unspecified atom stereocenters. The molecule has 2 aromatic carbocycles. The van der Waals surface area contributed by atoms with Crippen molar-refractivity contribution >= 4 is 34.6 Å². The maximum Gasteiger partial charge on any atom is 0.321 e. The highest BCUT2D eigenvalue weighted by Crippen LogP contribution is 2.31. The molecule has 1 aliphatic rings. The van der Waals surface area contributed by atoms with Crippen LogP contribution in [-0.4, -0.2) is 54.3 Å². The lowest BCUT2D eigenvalue weighted by atomic mass is 9.98. The van der Waals surface area contributed by atoms with Gasteiger partial charge in [0.15, 0.2) is 0 Å². The average molecular weight is 468 g/mol. The highest BCUT2D eigenvalue weighted by atomic mass is 32.1. The van der Waals surface area contributed by atoms with Gasteiger partial charge in [-0.1, -0.05) is 29.5 Å². The number of nitrogens with zero attached hydrogens (tertiary/aromatic N) is 3. The van der Waals surface area contributed by atoms with E-state index < -0.39 is 0 Å². The first-order valence-electron chi connectivity index (χ1n) is 10.5. The molecule has 0 atom stereocenters. The Morgan fingerprint density at radius 2 is 1.61 bits per heavy atom. The molecule has 0 aliphatic carbocycles. The zero-order valence-electron chi connectivity index (χ0n) is 18.4. The van der Waals surface area contributed by atoms with E-state index in [2.05, 4.69) is 20.8 Å². The first-order chi connectivity index (χ1) is 16.1. The van der Waals surface area contributed by atoms with Gasteiger partial charge in [0.05, 0.1) is 14.2 Å². The summed E-state index contributed by atoms with van der Waals surface area (Å²) in [6, 6.07) is 14.3. The topological polar surface area (TPSA) is 106 Å². The second-order valence-electron chi connectivity index (χ2n) is 7.56. The number of likely N-dealkylation sites (tertiary alicyclic amines) is 1. The van der Waals surface area contributed by atoms with Crippen molar-refractivity contribution in [2.75, 3.05) is 37.9 Å². The number of carbonyl (C=O) groups is 2. The Kier molecular flexibility index (Phi) is 7.04. The average Bonchev–Trinajstić information content (AvgIpc) is 3.35. The number of carbonyl (C=O) groups excluding carboxylic acids is 2. The van der Waals surface area contributed by atoms with E-state index in [0.717, 1.165) is 17.8 Å². The fraction of sp³-hybridized carbons (Fsp3) is 0.304. The normalized spacial score (nSPS) is 13.9. The third kappa shape index (κ3) is 5.58. The highest BCUT2D eigenvalue weighted by Gasteiger charge is 2.27. The minimum atomic E-state index is -0.268. The predicted octanol–water partition coefficient (Wildman–Crippen LogP) is 4.22. The van der Waals surface area contributed by atoms with Crippen molar-refractivity contribution in [2.24, 2.45) is 0 Å². The van der Waals surface area contributed by atoms with Crippen LogP contribution >= 0.6 is 11.3 Å². The molecule has 1 aliphatic heterocycles. The van der Waals surface area contributed by atoms with Gasteiger partial charge in [-0.25, -0.2) is 4.79 Å². The van der Waals surface area contributed by atoms with Gasteiger partial charge in [-0.05, 0) is 25.0 Å². The molecule has 3 aromatic rings. The molecule has 9 nitrogen and oxygen atoms in total. The van der Waals surface area contributed by atoms with Crippen molar-refractivity contribution < 1.29 is 19.1 Å². The van der Waals surface area contributed by atoms with Gasteiger partial charge in [0.1, 0.15) is 16.5 Å². The van der Waals surface area contributed by atoms with E-state index in [1.807, 2.05) is 30.3 Å². The van der Waals surface area contributed by atoms with Crippen molar-refractivity contribution in [1.82, 2.24) is 15.1 Å². The van der Waals surface area contributed by atoms with Crippen molar-refractivity contribution in [3.05, 3.63) is 58.5 Å². The van der Waals surface area contributed by atoms with Crippen LogP contribution in [0.2, 0.25) is 0 Å². The molecule has 0 radical (unpaired) electrons. The van der Waals surface area contributed by atoms with E-state index in [9.17, 15) is 9.59 Å². The molecular formula is C23H25N5O4S. The smallest absolute Gasteiger partial charge is 0.321 e. The van der Waals surface area contributed by atoms with Crippen LogP contribution < -0.4 is 20.1 Å². The van der Waals surface area contributed by atoms with Gasteiger partial charge >= 0.3 is 6.03 Å². The fourth-order valence-corrected chi connectivity index (χ4v) is 4.52. The van der Waals surface area contributed by atoms with Crippen LogP contribution in [0.4, 0.5) is 16.2 Å². The van der Waals surface area contributed by atoms with E-state index in [4.69, 9.17) is 9.47 Å². The number of hydrogen-bond donors (Lipinski definition) is 2. The Bertz CT molecular complexity index is 1090. The maximum absolute atomic E-state index is 12.7. The Morgan fingerprint density at radius 1 is 0.939 bits per heavy atom. The number of piperidine rings is 1. The lowest BCUT2D eigenvalue weighted by molar-refractivity contribution is 0.102. The summed E-state index contributed by atoms with van der Waals surface area (Å²) in [6.07, 6.45) is 1.51. The van der Waals surface area contributed by atoms with Crippen molar-refractivity contribution in [2.45, 2.75) is 18.8 Å². The largest absolute Gasteiger partial charge is 0.497 e. The number of hydrogen-bond acceptors (Lipinski definition) is 7. The van der Waals surface area contributed by atoms with Gasteiger partial charge in [0, 0.05) is 48.6 Å². The number of anilines is 2. The molecule has 2 N–H and O–H groups in total. The van der Waals surface area contributed by atoms with Gasteiger partial charge in [0.25, 0.3) is 5.91 Å². The Labute approximate surface area is 195 Å². The van der Waals surface area contributed by atoms with Gasteiger partial charge < -0.3 is 25.0 Å². The molecular weight excluding hydrogens is 442 g/mol. The summed E-state index contributed by atoms with van der Waals surface area (Å²) >= 11 is 1.31. The van der Waals surface area contributed by atoms with Crippen LogP contribution in [0, 0.1) is 0 Å². The van der Waals surface area contributed by atoms with Crippen molar-refractivity contribution in [3.8, 4) is 11.5 Å². The summed E-state index contributed by atoms with van der Waals surface area (Å²) in [5.41, 5.74) is 1.32. The first-order valence-corrected chi connectivity index (χ1v) is 11.4. The second kappa shape index (κ2) is 10.3.